The molecule has 0 N–H and O–H groups in total. The number of nitrogens with zero attached hydrogens (tertiary/aromatic N) is 2. The van der Waals surface area contributed by atoms with E-state index in [-0.39, 0.29) is 0 Å². The van der Waals surface area contributed by atoms with Crippen molar-refractivity contribution in [3.63, 3.8) is 0 Å². The number of benzene rings is 2. The maximum absolute atomic E-state index is 3.42. The van der Waals surface area contributed by atoms with Crippen molar-refractivity contribution in [1.29, 1.82) is 0 Å². The lowest BCUT2D eigenvalue weighted by atomic mass is 10.0. The second-order valence-electron chi connectivity index (χ2n) is 6.48. The second-order valence-corrected chi connectivity index (χ2v) is 6.48. The van der Waals surface area contributed by atoms with Crippen LogP contribution in [0, 0.1) is 11.8 Å². The minimum absolute atomic E-state index is 1.01. The Morgan fingerprint density at radius 2 is 1.68 bits per heavy atom. The molecule has 0 amide bonds. The molecule has 0 radical (unpaired) electrons. The van der Waals surface area contributed by atoms with Crippen molar-refractivity contribution in [3.8, 4) is 23.0 Å². The molecule has 128 valence electrons. The van der Waals surface area contributed by atoms with Crippen LogP contribution in [0.15, 0.2) is 66.4 Å². The molecule has 1 aliphatic heterocycles. The molecular formula is C23H26N2. The average molecular weight is 330 g/mol. The number of piperazine rings is 1. The van der Waals surface area contributed by atoms with E-state index in [1.54, 1.807) is 0 Å². The molecule has 0 bridgehead atoms. The van der Waals surface area contributed by atoms with Crippen LogP contribution in [-0.2, 0) is 0 Å². The summed E-state index contributed by atoms with van der Waals surface area (Å²) in [6.07, 6.45) is 3.26. The van der Waals surface area contributed by atoms with Crippen LogP contribution in [0.5, 0.6) is 0 Å². The normalized spacial score (nSPS) is 15.6. The molecule has 0 aromatic heterocycles. The van der Waals surface area contributed by atoms with Crippen LogP contribution in [-0.4, -0.2) is 43.0 Å². The summed E-state index contributed by atoms with van der Waals surface area (Å²) in [6.45, 7) is 6.49. The van der Waals surface area contributed by atoms with Gasteiger partial charge in [0.2, 0.25) is 0 Å². The summed E-state index contributed by atoms with van der Waals surface area (Å²) >= 11 is 0. The Morgan fingerprint density at radius 3 is 2.40 bits per heavy atom. The Morgan fingerprint density at radius 1 is 0.960 bits per heavy atom. The van der Waals surface area contributed by atoms with Gasteiger partial charge >= 0.3 is 0 Å². The molecule has 25 heavy (non-hydrogen) atoms. The van der Waals surface area contributed by atoms with Crippen molar-refractivity contribution >= 4 is 0 Å². The Labute approximate surface area is 151 Å². The Bertz CT molecular complexity index is 772. The number of hydrogen-bond donors (Lipinski definition) is 0. The lowest BCUT2D eigenvalue weighted by molar-refractivity contribution is 0.191. The van der Waals surface area contributed by atoms with Gasteiger partial charge in [0.1, 0.15) is 0 Å². The SMILES string of the molecule is CC/C=C(\C#Cc1cccc(-c2ccccc2)c1)N1CCN(C)CC1. The number of hydrogen-bond acceptors (Lipinski definition) is 2. The number of rotatable bonds is 3. The molecule has 2 heteroatoms. The standard InChI is InChI=1S/C23H26N2/c1-3-8-23(25-17-15-24(2)16-18-25)14-13-20-9-7-12-22(19-20)21-10-5-4-6-11-21/h4-12,19H,3,15-18H2,1-2H3/b23-8+. The summed E-state index contributed by atoms with van der Waals surface area (Å²) in [7, 11) is 2.18. The molecule has 0 aliphatic carbocycles. The van der Waals surface area contributed by atoms with Gasteiger partial charge in [0.15, 0.2) is 0 Å². The highest BCUT2D eigenvalue weighted by Gasteiger charge is 2.14. The molecular weight excluding hydrogens is 304 g/mol. The number of likely N-dealkylation sites (N-methyl/N-ethyl adjacent to an activating group) is 1. The predicted molar refractivity (Wildman–Crippen MR) is 106 cm³/mol. The van der Waals surface area contributed by atoms with Crippen molar-refractivity contribution in [2.24, 2.45) is 0 Å². The molecule has 0 spiro atoms. The maximum atomic E-state index is 3.42. The van der Waals surface area contributed by atoms with Crippen LogP contribution in [0.1, 0.15) is 18.9 Å². The summed E-state index contributed by atoms with van der Waals surface area (Å²) in [4.78, 5) is 4.79. The van der Waals surface area contributed by atoms with Gasteiger partial charge in [-0.05, 0) is 42.6 Å². The summed E-state index contributed by atoms with van der Waals surface area (Å²) in [5.41, 5.74) is 4.68. The zero-order valence-corrected chi connectivity index (χ0v) is 15.2. The van der Waals surface area contributed by atoms with E-state index < -0.39 is 0 Å². The van der Waals surface area contributed by atoms with Crippen molar-refractivity contribution < 1.29 is 0 Å². The third kappa shape index (κ3) is 4.75. The summed E-state index contributed by atoms with van der Waals surface area (Å²) in [5.74, 6) is 6.79. The Hall–Kier alpha value is -2.50. The van der Waals surface area contributed by atoms with Crippen molar-refractivity contribution in [3.05, 3.63) is 71.9 Å². The minimum Gasteiger partial charge on any atom is -0.362 e. The highest BCUT2D eigenvalue weighted by Crippen LogP contribution is 2.19. The van der Waals surface area contributed by atoms with Gasteiger partial charge < -0.3 is 9.80 Å². The third-order valence-electron chi connectivity index (χ3n) is 4.55. The van der Waals surface area contributed by atoms with Gasteiger partial charge in [-0.25, -0.2) is 0 Å². The number of allylic oxidation sites excluding steroid dienone is 2. The van der Waals surface area contributed by atoms with E-state index in [2.05, 4.69) is 90.2 Å². The molecule has 1 saturated heterocycles. The van der Waals surface area contributed by atoms with E-state index in [4.69, 9.17) is 0 Å². The van der Waals surface area contributed by atoms with Gasteiger partial charge in [-0.3, -0.25) is 0 Å². The van der Waals surface area contributed by atoms with Crippen LogP contribution in [0.4, 0.5) is 0 Å². The largest absolute Gasteiger partial charge is 0.362 e. The van der Waals surface area contributed by atoms with Crippen LogP contribution >= 0.6 is 0 Å². The van der Waals surface area contributed by atoms with E-state index >= 15 is 0 Å². The molecule has 0 saturated carbocycles. The topological polar surface area (TPSA) is 6.48 Å². The van der Waals surface area contributed by atoms with Gasteiger partial charge in [-0.15, -0.1) is 0 Å². The predicted octanol–water partition coefficient (Wildman–Crippen LogP) is 4.25. The van der Waals surface area contributed by atoms with Gasteiger partial charge in [-0.1, -0.05) is 61.4 Å². The summed E-state index contributed by atoms with van der Waals surface area (Å²) in [5, 5.41) is 0. The first-order valence-electron chi connectivity index (χ1n) is 9.07. The molecule has 1 fully saturated rings. The van der Waals surface area contributed by atoms with Crippen molar-refractivity contribution in [2.75, 3.05) is 33.2 Å². The Kier molecular flexibility index (Phi) is 5.93. The zero-order valence-electron chi connectivity index (χ0n) is 15.2. The van der Waals surface area contributed by atoms with E-state index in [0.717, 1.165) is 38.2 Å². The van der Waals surface area contributed by atoms with Crippen molar-refractivity contribution in [1.82, 2.24) is 9.80 Å². The fourth-order valence-electron chi connectivity index (χ4n) is 3.04. The molecule has 0 atom stereocenters. The lowest BCUT2D eigenvalue weighted by Gasteiger charge is -2.33. The monoisotopic (exact) mass is 330 g/mol. The van der Waals surface area contributed by atoms with Crippen LogP contribution < -0.4 is 0 Å². The van der Waals surface area contributed by atoms with Crippen molar-refractivity contribution in [2.45, 2.75) is 13.3 Å². The molecule has 2 aromatic carbocycles. The highest BCUT2D eigenvalue weighted by molar-refractivity contribution is 5.65. The van der Waals surface area contributed by atoms with Crippen LogP contribution in [0.2, 0.25) is 0 Å². The van der Waals surface area contributed by atoms with E-state index in [1.165, 1.54) is 16.8 Å². The zero-order chi connectivity index (χ0) is 17.5. The molecule has 1 aliphatic rings. The van der Waals surface area contributed by atoms with E-state index in [9.17, 15) is 0 Å². The van der Waals surface area contributed by atoms with Gasteiger partial charge in [0.25, 0.3) is 0 Å². The first-order valence-corrected chi connectivity index (χ1v) is 9.07. The fourth-order valence-corrected chi connectivity index (χ4v) is 3.04. The maximum Gasteiger partial charge on any atom is 0.0843 e. The minimum atomic E-state index is 1.01. The molecule has 2 aromatic rings. The summed E-state index contributed by atoms with van der Waals surface area (Å²) in [6, 6.07) is 19.0. The second kappa shape index (κ2) is 8.55. The average Bonchev–Trinajstić information content (AvgIpc) is 2.67. The smallest absolute Gasteiger partial charge is 0.0843 e. The fraction of sp³-hybridized carbons (Fsp3) is 0.304. The van der Waals surface area contributed by atoms with Gasteiger partial charge in [-0.2, -0.15) is 0 Å². The van der Waals surface area contributed by atoms with Crippen LogP contribution in [0.25, 0.3) is 11.1 Å². The molecule has 0 unspecified atom stereocenters. The van der Waals surface area contributed by atoms with E-state index in [0.29, 0.717) is 0 Å². The molecule has 2 nitrogen and oxygen atoms in total. The highest BCUT2D eigenvalue weighted by atomic mass is 15.2. The first kappa shape index (κ1) is 17.3. The Balaban J connectivity index is 1.80. The van der Waals surface area contributed by atoms with Crippen LogP contribution in [0.3, 0.4) is 0 Å². The first-order chi connectivity index (χ1) is 12.3. The summed E-state index contributed by atoms with van der Waals surface area (Å²) < 4.78 is 0. The quantitative estimate of drug-likeness (QED) is 0.777. The molecule has 1 heterocycles. The lowest BCUT2D eigenvalue weighted by Crippen LogP contribution is -2.43. The van der Waals surface area contributed by atoms with E-state index in [1.807, 2.05) is 6.07 Å². The molecule has 3 rings (SSSR count). The van der Waals surface area contributed by atoms with Gasteiger partial charge in [0.05, 0.1) is 5.70 Å². The van der Waals surface area contributed by atoms with Gasteiger partial charge in [0, 0.05) is 31.7 Å². The third-order valence-corrected chi connectivity index (χ3v) is 4.55.